The summed E-state index contributed by atoms with van der Waals surface area (Å²) < 4.78 is 0. The highest BCUT2D eigenvalue weighted by atomic mass is 35.5. The van der Waals surface area contributed by atoms with Crippen LogP contribution in [0.1, 0.15) is 22.4 Å². The fourth-order valence-electron chi connectivity index (χ4n) is 1.87. The first kappa shape index (κ1) is 16.9. The van der Waals surface area contributed by atoms with Crippen molar-refractivity contribution < 1.29 is 0 Å². The van der Waals surface area contributed by atoms with E-state index in [1.165, 1.54) is 16.7 Å². The highest BCUT2D eigenvalue weighted by Crippen LogP contribution is 2.14. The summed E-state index contributed by atoms with van der Waals surface area (Å²) in [6.07, 6.45) is 2.71. The number of hydrogen-bond acceptors (Lipinski definition) is 2. The van der Waals surface area contributed by atoms with Crippen molar-refractivity contribution in [1.82, 2.24) is 4.98 Å². The molecule has 0 saturated heterocycles. The molecule has 4 heteroatoms. The van der Waals surface area contributed by atoms with Gasteiger partial charge in [0.2, 0.25) is 0 Å². The molecule has 1 aromatic carbocycles. The summed E-state index contributed by atoms with van der Waals surface area (Å²) in [7, 11) is 0. The normalized spacial score (nSPS) is 9.22. The van der Waals surface area contributed by atoms with Gasteiger partial charge in [-0.1, -0.05) is 30.3 Å². The Bertz CT molecular complexity index is 472. The van der Waals surface area contributed by atoms with Crippen molar-refractivity contribution in [3.63, 3.8) is 0 Å². The van der Waals surface area contributed by atoms with E-state index in [9.17, 15) is 0 Å². The zero-order valence-corrected chi connectivity index (χ0v) is 11.9. The second-order valence-corrected chi connectivity index (χ2v) is 3.92. The summed E-state index contributed by atoms with van der Waals surface area (Å²) in [5.74, 6) is 0. The Balaban J connectivity index is 0.00000144. The molecule has 0 aliphatic carbocycles. The molecule has 0 saturated carbocycles. The van der Waals surface area contributed by atoms with Gasteiger partial charge in [-0.05, 0) is 29.7 Å². The van der Waals surface area contributed by atoms with Crippen molar-refractivity contribution in [2.75, 3.05) is 0 Å². The minimum absolute atomic E-state index is 0. The second-order valence-electron chi connectivity index (χ2n) is 3.92. The molecule has 0 unspecified atom stereocenters. The molecule has 0 aliphatic rings. The number of hydrogen-bond donors (Lipinski definition) is 1. The predicted molar refractivity (Wildman–Crippen MR) is 80.6 cm³/mol. The minimum Gasteiger partial charge on any atom is -0.326 e. The first-order valence-electron chi connectivity index (χ1n) is 5.48. The number of aryl methyl sites for hydroxylation is 1. The summed E-state index contributed by atoms with van der Waals surface area (Å²) in [6, 6.07) is 12.4. The van der Waals surface area contributed by atoms with Gasteiger partial charge >= 0.3 is 0 Å². The molecular weight excluding hydrogens is 267 g/mol. The molecule has 98 valence electrons. The van der Waals surface area contributed by atoms with Gasteiger partial charge in [-0.3, -0.25) is 4.98 Å². The van der Waals surface area contributed by atoms with Crippen LogP contribution >= 0.6 is 24.8 Å². The van der Waals surface area contributed by atoms with Crippen molar-refractivity contribution in [1.29, 1.82) is 0 Å². The SMILES string of the molecule is Cc1ccnc(Cc2ccccc2)c1CN.Cl.Cl. The Morgan fingerprint density at radius 1 is 1.06 bits per heavy atom. The molecule has 0 atom stereocenters. The summed E-state index contributed by atoms with van der Waals surface area (Å²) in [5.41, 5.74) is 10.5. The number of benzene rings is 1. The van der Waals surface area contributed by atoms with Crippen molar-refractivity contribution >= 4 is 24.8 Å². The van der Waals surface area contributed by atoms with Crippen LogP contribution in [0.5, 0.6) is 0 Å². The van der Waals surface area contributed by atoms with E-state index in [0.29, 0.717) is 6.54 Å². The number of halogens is 2. The lowest BCUT2D eigenvalue weighted by Gasteiger charge is -2.09. The molecule has 0 radical (unpaired) electrons. The van der Waals surface area contributed by atoms with E-state index in [2.05, 4.69) is 24.0 Å². The third-order valence-corrected chi connectivity index (χ3v) is 2.80. The maximum Gasteiger partial charge on any atom is 0.0494 e. The fourth-order valence-corrected chi connectivity index (χ4v) is 1.87. The van der Waals surface area contributed by atoms with E-state index in [0.717, 1.165) is 12.1 Å². The number of rotatable bonds is 3. The van der Waals surface area contributed by atoms with Gasteiger partial charge in [-0.15, -0.1) is 24.8 Å². The van der Waals surface area contributed by atoms with Crippen molar-refractivity contribution in [2.45, 2.75) is 19.9 Å². The van der Waals surface area contributed by atoms with Crippen LogP contribution in [-0.2, 0) is 13.0 Å². The van der Waals surface area contributed by atoms with E-state index in [1.54, 1.807) is 0 Å². The van der Waals surface area contributed by atoms with Crippen LogP contribution in [0.4, 0.5) is 0 Å². The molecule has 0 fully saturated rings. The third kappa shape index (κ3) is 3.98. The lowest BCUT2D eigenvalue weighted by Crippen LogP contribution is -2.06. The number of aromatic nitrogens is 1. The van der Waals surface area contributed by atoms with Gasteiger partial charge in [0.15, 0.2) is 0 Å². The smallest absolute Gasteiger partial charge is 0.0494 e. The molecule has 0 amide bonds. The number of nitrogens with two attached hydrogens (primary N) is 1. The molecule has 0 bridgehead atoms. The van der Waals surface area contributed by atoms with Crippen molar-refractivity contribution in [3.05, 3.63) is 65.0 Å². The third-order valence-electron chi connectivity index (χ3n) is 2.80. The molecule has 2 rings (SSSR count). The van der Waals surface area contributed by atoms with E-state index in [-0.39, 0.29) is 24.8 Å². The fraction of sp³-hybridized carbons (Fsp3) is 0.214. The zero-order valence-electron chi connectivity index (χ0n) is 10.3. The Kier molecular flexibility index (Phi) is 7.60. The highest BCUT2D eigenvalue weighted by molar-refractivity contribution is 5.85. The maximum absolute atomic E-state index is 5.77. The lowest BCUT2D eigenvalue weighted by molar-refractivity contribution is 0.948. The number of pyridine rings is 1. The van der Waals surface area contributed by atoms with E-state index in [1.807, 2.05) is 30.5 Å². The minimum atomic E-state index is 0. The summed E-state index contributed by atoms with van der Waals surface area (Å²) in [4.78, 5) is 4.43. The zero-order chi connectivity index (χ0) is 11.4. The van der Waals surface area contributed by atoms with Gasteiger partial charge in [0.1, 0.15) is 0 Å². The average Bonchev–Trinajstić information content (AvgIpc) is 2.31. The van der Waals surface area contributed by atoms with Crippen LogP contribution in [-0.4, -0.2) is 4.98 Å². The molecule has 2 aromatic rings. The van der Waals surface area contributed by atoms with Crippen LogP contribution in [0, 0.1) is 6.92 Å². The summed E-state index contributed by atoms with van der Waals surface area (Å²) >= 11 is 0. The second kappa shape index (κ2) is 8.09. The molecule has 1 aromatic heterocycles. The summed E-state index contributed by atoms with van der Waals surface area (Å²) in [5, 5.41) is 0. The van der Waals surface area contributed by atoms with Crippen LogP contribution in [0.15, 0.2) is 42.6 Å². The first-order chi connectivity index (χ1) is 7.81. The van der Waals surface area contributed by atoms with Gasteiger partial charge in [-0.25, -0.2) is 0 Å². The average molecular weight is 285 g/mol. The summed E-state index contributed by atoms with van der Waals surface area (Å²) in [6.45, 7) is 2.64. The Hall–Kier alpha value is -1.09. The first-order valence-corrected chi connectivity index (χ1v) is 5.48. The van der Waals surface area contributed by atoms with Gasteiger partial charge in [-0.2, -0.15) is 0 Å². The Morgan fingerprint density at radius 2 is 1.72 bits per heavy atom. The van der Waals surface area contributed by atoms with Gasteiger partial charge in [0.05, 0.1) is 0 Å². The van der Waals surface area contributed by atoms with Crippen LogP contribution < -0.4 is 5.73 Å². The Labute approximate surface area is 120 Å². The number of nitrogens with zero attached hydrogens (tertiary/aromatic N) is 1. The topological polar surface area (TPSA) is 38.9 Å². The molecular formula is C14H18Cl2N2. The van der Waals surface area contributed by atoms with Gasteiger partial charge < -0.3 is 5.73 Å². The van der Waals surface area contributed by atoms with Crippen molar-refractivity contribution in [2.24, 2.45) is 5.73 Å². The lowest BCUT2D eigenvalue weighted by atomic mass is 10.0. The van der Waals surface area contributed by atoms with Crippen molar-refractivity contribution in [3.8, 4) is 0 Å². The maximum atomic E-state index is 5.77. The molecule has 2 nitrogen and oxygen atoms in total. The molecule has 1 heterocycles. The van der Waals surface area contributed by atoms with E-state index < -0.39 is 0 Å². The van der Waals surface area contributed by atoms with Crippen LogP contribution in [0.3, 0.4) is 0 Å². The quantitative estimate of drug-likeness (QED) is 0.940. The molecule has 18 heavy (non-hydrogen) atoms. The van der Waals surface area contributed by atoms with Gasteiger partial charge in [0, 0.05) is 24.9 Å². The van der Waals surface area contributed by atoms with E-state index in [4.69, 9.17) is 5.73 Å². The Morgan fingerprint density at radius 3 is 2.33 bits per heavy atom. The largest absolute Gasteiger partial charge is 0.326 e. The van der Waals surface area contributed by atoms with Crippen LogP contribution in [0.25, 0.3) is 0 Å². The van der Waals surface area contributed by atoms with Gasteiger partial charge in [0.25, 0.3) is 0 Å². The molecule has 2 N–H and O–H groups in total. The monoisotopic (exact) mass is 284 g/mol. The molecule has 0 spiro atoms. The standard InChI is InChI=1S/C14H16N2.2ClH/c1-11-7-8-16-14(13(11)10-15)9-12-5-3-2-4-6-12;;/h2-8H,9-10,15H2,1H3;2*1H. The van der Waals surface area contributed by atoms with E-state index >= 15 is 0 Å². The predicted octanol–water partition coefficient (Wildman–Crippen LogP) is 3.28. The van der Waals surface area contributed by atoms with Crippen LogP contribution in [0.2, 0.25) is 0 Å². The molecule has 0 aliphatic heterocycles. The highest BCUT2D eigenvalue weighted by Gasteiger charge is 2.05.